The quantitative estimate of drug-likeness (QED) is 0.614. The molecule has 54 valence electrons. The third-order valence-corrected chi connectivity index (χ3v) is 2.99. The second-order valence-electron chi connectivity index (χ2n) is 3.15. The largest absolute Gasteiger partial charge is 0.396 e. The number of hydrogen-bond acceptors (Lipinski definition) is 1. The standard InChI is InChI=1S/C8H16O/c1-3-8(4-2)5-7(8)6-9/h7,9H,3-6H2,1-2H3. The van der Waals surface area contributed by atoms with Crippen molar-refractivity contribution in [3.05, 3.63) is 0 Å². The van der Waals surface area contributed by atoms with Gasteiger partial charge in [-0.05, 0) is 17.8 Å². The predicted molar refractivity (Wildman–Crippen MR) is 38.2 cm³/mol. The van der Waals surface area contributed by atoms with Gasteiger partial charge in [0.2, 0.25) is 0 Å². The Hall–Kier alpha value is -0.0400. The van der Waals surface area contributed by atoms with Crippen LogP contribution in [0.15, 0.2) is 0 Å². The lowest BCUT2D eigenvalue weighted by atomic mass is 9.97. The Kier molecular flexibility index (Phi) is 1.80. The molecule has 0 spiro atoms. The van der Waals surface area contributed by atoms with Crippen molar-refractivity contribution in [2.45, 2.75) is 33.1 Å². The molecule has 0 aromatic rings. The first-order chi connectivity index (χ1) is 4.29. The summed E-state index contributed by atoms with van der Waals surface area (Å²) in [5, 5.41) is 8.80. The van der Waals surface area contributed by atoms with Crippen molar-refractivity contribution < 1.29 is 5.11 Å². The van der Waals surface area contributed by atoms with E-state index in [4.69, 9.17) is 5.11 Å². The molecule has 1 saturated carbocycles. The summed E-state index contributed by atoms with van der Waals surface area (Å²) in [6, 6.07) is 0. The summed E-state index contributed by atoms with van der Waals surface area (Å²) in [4.78, 5) is 0. The van der Waals surface area contributed by atoms with Crippen LogP contribution in [0.3, 0.4) is 0 Å². The van der Waals surface area contributed by atoms with Gasteiger partial charge in [-0.2, -0.15) is 0 Å². The van der Waals surface area contributed by atoms with Gasteiger partial charge in [0, 0.05) is 6.61 Å². The van der Waals surface area contributed by atoms with Crippen LogP contribution < -0.4 is 0 Å². The zero-order chi connectivity index (χ0) is 6.91. The number of hydrogen-bond donors (Lipinski definition) is 1. The predicted octanol–water partition coefficient (Wildman–Crippen LogP) is 1.81. The minimum absolute atomic E-state index is 0.404. The van der Waals surface area contributed by atoms with E-state index >= 15 is 0 Å². The highest BCUT2D eigenvalue weighted by molar-refractivity contribution is 4.99. The van der Waals surface area contributed by atoms with E-state index in [0.717, 1.165) is 0 Å². The maximum Gasteiger partial charge on any atom is 0.0464 e. The molecular weight excluding hydrogens is 112 g/mol. The third-order valence-electron chi connectivity index (χ3n) is 2.99. The highest BCUT2D eigenvalue weighted by atomic mass is 16.3. The molecule has 0 amide bonds. The number of rotatable bonds is 3. The summed E-state index contributed by atoms with van der Waals surface area (Å²) in [5.74, 6) is 0.632. The van der Waals surface area contributed by atoms with E-state index in [0.29, 0.717) is 17.9 Å². The fourth-order valence-electron chi connectivity index (χ4n) is 1.81. The topological polar surface area (TPSA) is 20.2 Å². The van der Waals surface area contributed by atoms with Crippen molar-refractivity contribution in [2.75, 3.05) is 6.61 Å². The molecule has 1 unspecified atom stereocenters. The maximum absolute atomic E-state index is 8.80. The van der Waals surface area contributed by atoms with Gasteiger partial charge in [0.05, 0.1) is 0 Å². The van der Waals surface area contributed by atoms with Gasteiger partial charge in [-0.25, -0.2) is 0 Å². The first-order valence-electron chi connectivity index (χ1n) is 3.90. The van der Waals surface area contributed by atoms with Gasteiger partial charge in [0.25, 0.3) is 0 Å². The molecule has 0 heterocycles. The highest BCUT2D eigenvalue weighted by Crippen LogP contribution is 2.57. The molecule has 1 rings (SSSR count). The lowest BCUT2D eigenvalue weighted by Gasteiger charge is -2.09. The second kappa shape index (κ2) is 2.30. The van der Waals surface area contributed by atoms with E-state index < -0.39 is 0 Å². The average Bonchev–Trinajstić information content (AvgIpc) is 2.63. The van der Waals surface area contributed by atoms with Crippen molar-refractivity contribution in [3.63, 3.8) is 0 Å². The van der Waals surface area contributed by atoms with Crippen molar-refractivity contribution in [3.8, 4) is 0 Å². The van der Waals surface area contributed by atoms with Crippen LogP contribution in [-0.2, 0) is 0 Å². The van der Waals surface area contributed by atoms with Crippen LogP contribution in [0.2, 0.25) is 0 Å². The van der Waals surface area contributed by atoms with Gasteiger partial charge in [-0.3, -0.25) is 0 Å². The maximum atomic E-state index is 8.80. The molecule has 1 fully saturated rings. The Balaban J connectivity index is 2.37. The zero-order valence-electron chi connectivity index (χ0n) is 6.35. The smallest absolute Gasteiger partial charge is 0.0464 e. The van der Waals surface area contributed by atoms with Crippen LogP contribution in [0.5, 0.6) is 0 Å². The average molecular weight is 128 g/mol. The van der Waals surface area contributed by atoms with Gasteiger partial charge in [0.15, 0.2) is 0 Å². The first-order valence-corrected chi connectivity index (χ1v) is 3.90. The van der Waals surface area contributed by atoms with E-state index in [9.17, 15) is 0 Å². The van der Waals surface area contributed by atoms with Crippen LogP contribution in [0.25, 0.3) is 0 Å². The molecule has 0 saturated heterocycles. The Labute approximate surface area is 57.1 Å². The molecule has 1 atom stereocenters. The molecule has 1 heteroatoms. The fraction of sp³-hybridized carbons (Fsp3) is 1.00. The van der Waals surface area contributed by atoms with Gasteiger partial charge in [-0.15, -0.1) is 0 Å². The second-order valence-corrected chi connectivity index (χ2v) is 3.15. The molecule has 0 radical (unpaired) electrons. The van der Waals surface area contributed by atoms with Crippen molar-refractivity contribution in [1.29, 1.82) is 0 Å². The molecular formula is C8H16O. The normalized spacial score (nSPS) is 30.3. The monoisotopic (exact) mass is 128 g/mol. The molecule has 0 aromatic heterocycles. The van der Waals surface area contributed by atoms with E-state index in [1.165, 1.54) is 19.3 Å². The van der Waals surface area contributed by atoms with Gasteiger partial charge in [-0.1, -0.05) is 26.7 Å². The molecule has 0 aliphatic heterocycles. The molecule has 9 heavy (non-hydrogen) atoms. The molecule has 1 aliphatic carbocycles. The van der Waals surface area contributed by atoms with Gasteiger partial charge < -0.3 is 5.11 Å². The minimum Gasteiger partial charge on any atom is -0.396 e. The lowest BCUT2D eigenvalue weighted by molar-refractivity contribution is 0.243. The van der Waals surface area contributed by atoms with Crippen LogP contribution in [-0.4, -0.2) is 11.7 Å². The van der Waals surface area contributed by atoms with E-state index in [1.54, 1.807) is 0 Å². The highest BCUT2D eigenvalue weighted by Gasteiger charge is 2.49. The summed E-state index contributed by atoms with van der Waals surface area (Å²) in [5.41, 5.74) is 0.550. The SMILES string of the molecule is CCC1(CC)CC1CO. The lowest BCUT2D eigenvalue weighted by Crippen LogP contribution is -2.02. The molecule has 1 N–H and O–H groups in total. The summed E-state index contributed by atoms with van der Waals surface area (Å²) < 4.78 is 0. The molecule has 0 bridgehead atoms. The Morgan fingerprint density at radius 3 is 2.11 bits per heavy atom. The molecule has 0 aromatic carbocycles. The summed E-state index contributed by atoms with van der Waals surface area (Å²) in [7, 11) is 0. The summed E-state index contributed by atoms with van der Waals surface area (Å²) >= 11 is 0. The van der Waals surface area contributed by atoms with E-state index in [-0.39, 0.29) is 0 Å². The van der Waals surface area contributed by atoms with Crippen LogP contribution >= 0.6 is 0 Å². The Morgan fingerprint density at radius 2 is 2.00 bits per heavy atom. The van der Waals surface area contributed by atoms with Gasteiger partial charge in [0.1, 0.15) is 0 Å². The number of aliphatic hydroxyl groups excluding tert-OH is 1. The van der Waals surface area contributed by atoms with Crippen molar-refractivity contribution >= 4 is 0 Å². The minimum atomic E-state index is 0.404. The van der Waals surface area contributed by atoms with Crippen LogP contribution in [0.1, 0.15) is 33.1 Å². The first kappa shape index (κ1) is 7.07. The van der Waals surface area contributed by atoms with Crippen molar-refractivity contribution in [1.82, 2.24) is 0 Å². The zero-order valence-corrected chi connectivity index (χ0v) is 6.35. The van der Waals surface area contributed by atoms with E-state index in [2.05, 4.69) is 13.8 Å². The fourth-order valence-corrected chi connectivity index (χ4v) is 1.81. The molecule has 1 nitrogen and oxygen atoms in total. The Bertz CT molecular complexity index is 94.7. The summed E-state index contributed by atoms with van der Waals surface area (Å²) in [6.07, 6.45) is 3.75. The van der Waals surface area contributed by atoms with E-state index in [1.807, 2.05) is 0 Å². The van der Waals surface area contributed by atoms with Crippen LogP contribution in [0, 0.1) is 11.3 Å². The summed E-state index contributed by atoms with van der Waals surface area (Å²) in [6.45, 7) is 4.85. The number of aliphatic hydroxyl groups is 1. The Morgan fingerprint density at radius 1 is 1.44 bits per heavy atom. The molecule has 1 aliphatic rings. The third kappa shape index (κ3) is 0.983. The van der Waals surface area contributed by atoms with Crippen LogP contribution in [0.4, 0.5) is 0 Å². The van der Waals surface area contributed by atoms with Crippen molar-refractivity contribution in [2.24, 2.45) is 11.3 Å². The van der Waals surface area contributed by atoms with Gasteiger partial charge >= 0.3 is 0 Å².